The maximum Gasteiger partial charge on any atom is 0.0615 e. The molecule has 0 aliphatic rings. The van der Waals surface area contributed by atoms with Crippen LogP contribution >= 0.6 is 0 Å². The summed E-state index contributed by atoms with van der Waals surface area (Å²) in [6.07, 6.45) is 1.10. The molecule has 1 aromatic rings. The zero-order valence-corrected chi connectivity index (χ0v) is 12.0. The molecule has 0 fully saturated rings. The molecule has 0 spiro atoms. The van der Waals surface area contributed by atoms with Crippen LogP contribution in [0, 0.1) is 0 Å². The molecule has 18 heavy (non-hydrogen) atoms. The molecule has 0 amide bonds. The normalized spacial score (nSPS) is 14.7. The zero-order valence-electron chi connectivity index (χ0n) is 12.0. The van der Waals surface area contributed by atoms with E-state index >= 15 is 0 Å². The number of ether oxygens (including phenoxy) is 1. The fraction of sp³-hybridized carbons (Fsp3) is 0.600. The van der Waals surface area contributed by atoms with Crippen LogP contribution in [0.1, 0.15) is 24.9 Å². The molecule has 0 bridgehead atoms. The Labute approximate surface area is 111 Å². The summed E-state index contributed by atoms with van der Waals surface area (Å²) in [5.74, 6) is 0. The van der Waals surface area contributed by atoms with E-state index in [4.69, 9.17) is 4.74 Å². The highest BCUT2D eigenvalue weighted by Gasteiger charge is 2.13. The van der Waals surface area contributed by atoms with Crippen molar-refractivity contribution in [2.75, 3.05) is 34.4 Å². The maximum absolute atomic E-state index is 5.19. The lowest BCUT2D eigenvalue weighted by Gasteiger charge is -2.26. The average molecular weight is 250 g/mol. The van der Waals surface area contributed by atoms with E-state index in [-0.39, 0.29) is 0 Å². The van der Waals surface area contributed by atoms with Crippen LogP contribution in [0.3, 0.4) is 0 Å². The van der Waals surface area contributed by atoms with Crippen molar-refractivity contribution in [3.8, 4) is 0 Å². The topological polar surface area (TPSA) is 24.5 Å². The molecule has 0 saturated carbocycles. The second-order valence-corrected chi connectivity index (χ2v) is 4.83. The van der Waals surface area contributed by atoms with Crippen LogP contribution in [0.2, 0.25) is 0 Å². The Kier molecular flexibility index (Phi) is 6.94. The molecule has 3 nitrogen and oxygen atoms in total. The first kappa shape index (κ1) is 15.2. The quantitative estimate of drug-likeness (QED) is 0.766. The summed E-state index contributed by atoms with van der Waals surface area (Å²) in [5, 5.41) is 3.39. The van der Waals surface area contributed by atoms with Crippen LogP contribution < -0.4 is 5.32 Å². The second-order valence-electron chi connectivity index (χ2n) is 4.83. The SMILES string of the molecule is CNC(CCN(C)C(C)COC)c1ccccc1. The lowest BCUT2D eigenvalue weighted by molar-refractivity contribution is 0.113. The molecule has 1 rings (SSSR count). The van der Waals surface area contributed by atoms with Gasteiger partial charge >= 0.3 is 0 Å². The highest BCUT2D eigenvalue weighted by Crippen LogP contribution is 2.16. The zero-order chi connectivity index (χ0) is 13.4. The summed E-state index contributed by atoms with van der Waals surface area (Å²) in [5.41, 5.74) is 1.35. The predicted octanol–water partition coefficient (Wildman–Crippen LogP) is 2.30. The first-order valence-corrected chi connectivity index (χ1v) is 6.60. The summed E-state index contributed by atoms with van der Waals surface area (Å²) in [4.78, 5) is 2.34. The summed E-state index contributed by atoms with van der Waals surface area (Å²) < 4.78 is 5.19. The van der Waals surface area contributed by atoms with Crippen molar-refractivity contribution in [3.05, 3.63) is 35.9 Å². The van der Waals surface area contributed by atoms with Crippen molar-refractivity contribution < 1.29 is 4.74 Å². The number of hydrogen-bond acceptors (Lipinski definition) is 3. The van der Waals surface area contributed by atoms with E-state index in [1.54, 1.807) is 7.11 Å². The molecular formula is C15H26N2O. The third kappa shape index (κ3) is 4.77. The largest absolute Gasteiger partial charge is 0.383 e. The molecule has 0 saturated heterocycles. The van der Waals surface area contributed by atoms with Crippen LogP contribution in [0.25, 0.3) is 0 Å². The summed E-state index contributed by atoms with van der Waals surface area (Å²) >= 11 is 0. The highest BCUT2D eigenvalue weighted by molar-refractivity contribution is 5.18. The molecule has 3 heteroatoms. The van der Waals surface area contributed by atoms with Gasteiger partial charge in [-0.1, -0.05) is 30.3 Å². The molecule has 2 atom stereocenters. The minimum absolute atomic E-state index is 0.420. The summed E-state index contributed by atoms with van der Waals surface area (Å²) in [7, 11) is 5.93. The Morgan fingerprint density at radius 2 is 1.94 bits per heavy atom. The fourth-order valence-electron chi connectivity index (χ4n) is 2.08. The number of hydrogen-bond donors (Lipinski definition) is 1. The Morgan fingerprint density at radius 3 is 2.50 bits per heavy atom. The molecule has 0 aliphatic carbocycles. The monoisotopic (exact) mass is 250 g/mol. The van der Waals surface area contributed by atoms with E-state index in [0.717, 1.165) is 19.6 Å². The Hall–Kier alpha value is -0.900. The van der Waals surface area contributed by atoms with Crippen LogP contribution in [0.4, 0.5) is 0 Å². The Balaban J connectivity index is 2.45. The van der Waals surface area contributed by atoms with Crippen LogP contribution in [-0.2, 0) is 4.74 Å². The molecule has 0 aliphatic heterocycles. The van der Waals surface area contributed by atoms with Gasteiger partial charge in [0.05, 0.1) is 6.61 Å². The minimum Gasteiger partial charge on any atom is -0.383 e. The third-order valence-corrected chi connectivity index (χ3v) is 3.48. The first-order valence-electron chi connectivity index (χ1n) is 6.60. The van der Waals surface area contributed by atoms with Gasteiger partial charge in [-0.25, -0.2) is 0 Å². The molecule has 0 heterocycles. The van der Waals surface area contributed by atoms with Gasteiger partial charge in [-0.05, 0) is 33.0 Å². The van der Waals surface area contributed by atoms with Gasteiger partial charge in [0.2, 0.25) is 0 Å². The van der Waals surface area contributed by atoms with E-state index < -0.39 is 0 Å². The second kappa shape index (κ2) is 8.25. The molecule has 0 radical (unpaired) electrons. The summed E-state index contributed by atoms with van der Waals surface area (Å²) in [6, 6.07) is 11.5. The molecular weight excluding hydrogens is 224 g/mol. The van der Waals surface area contributed by atoms with Crippen molar-refractivity contribution in [2.45, 2.75) is 25.4 Å². The lowest BCUT2D eigenvalue weighted by Crippen LogP contribution is -2.35. The van der Waals surface area contributed by atoms with Crippen molar-refractivity contribution in [1.29, 1.82) is 0 Å². The smallest absolute Gasteiger partial charge is 0.0615 e. The van der Waals surface area contributed by atoms with Gasteiger partial charge in [-0.15, -0.1) is 0 Å². The van der Waals surface area contributed by atoms with E-state index in [1.165, 1.54) is 5.56 Å². The summed E-state index contributed by atoms with van der Waals surface area (Å²) in [6.45, 7) is 4.04. The third-order valence-electron chi connectivity index (χ3n) is 3.48. The number of nitrogens with one attached hydrogen (secondary N) is 1. The number of nitrogens with zero attached hydrogens (tertiary/aromatic N) is 1. The van der Waals surface area contributed by atoms with E-state index in [1.807, 2.05) is 7.05 Å². The molecule has 2 unspecified atom stereocenters. The number of benzene rings is 1. The van der Waals surface area contributed by atoms with Crippen molar-refractivity contribution in [2.24, 2.45) is 0 Å². The van der Waals surface area contributed by atoms with Gasteiger partial charge in [-0.2, -0.15) is 0 Å². The molecule has 102 valence electrons. The van der Waals surface area contributed by atoms with Gasteiger partial charge in [0.15, 0.2) is 0 Å². The van der Waals surface area contributed by atoms with Gasteiger partial charge in [0, 0.05) is 25.7 Å². The van der Waals surface area contributed by atoms with Crippen LogP contribution in [-0.4, -0.2) is 45.3 Å². The first-order chi connectivity index (χ1) is 8.69. The predicted molar refractivity (Wildman–Crippen MR) is 76.8 cm³/mol. The van der Waals surface area contributed by atoms with Crippen LogP contribution in [0.15, 0.2) is 30.3 Å². The maximum atomic E-state index is 5.19. The van der Waals surface area contributed by atoms with Gasteiger partial charge in [-0.3, -0.25) is 0 Å². The Bertz CT molecular complexity index is 316. The van der Waals surface area contributed by atoms with E-state index in [9.17, 15) is 0 Å². The van der Waals surface area contributed by atoms with Crippen LogP contribution in [0.5, 0.6) is 0 Å². The number of likely N-dealkylation sites (N-methyl/N-ethyl adjacent to an activating group) is 1. The standard InChI is InChI=1S/C15H26N2O/c1-13(12-18-4)17(3)11-10-15(16-2)14-8-6-5-7-9-14/h5-9,13,15-16H,10-12H2,1-4H3. The van der Waals surface area contributed by atoms with Crippen molar-refractivity contribution in [1.82, 2.24) is 10.2 Å². The molecule has 0 aromatic heterocycles. The minimum atomic E-state index is 0.420. The molecule has 1 N–H and O–H groups in total. The van der Waals surface area contributed by atoms with E-state index in [2.05, 4.69) is 54.5 Å². The fourth-order valence-corrected chi connectivity index (χ4v) is 2.08. The van der Waals surface area contributed by atoms with Gasteiger partial charge in [0.1, 0.15) is 0 Å². The van der Waals surface area contributed by atoms with E-state index in [0.29, 0.717) is 12.1 Å². The molecule has 1 aromatic carbocycles. The average Bonchev–Trinajstić information content (AvgIpc) is 2.40. The van der Waals surface area contributed by atoms with Gasteiger partial charge < -0.3 is 15.0 Å². The Morgan fingerprint density at radius 1 is 1.28 bits per heavy atom. The highest BCUT2D eigenvalue weighted by atomic mass is 16.5. The van der Waals surface area contributed by atoms with Crippen molar-refractivity contribution >= 4 is 0 Å². The number of methoxy groups -OCH3 is 1. The van der Waals surface area contributed by atoms with Crippen molar-refractivity contribution in [3.63, 3.8) is 0 Å². The lowest BCUT2D eigenvalue weighted by atomic mass is 10.0. The van der Waals surface area contributed by atoms with Gasteiger partial charge in [0.25, 0.3) is 0 Å². The number of rotatable bonds is 8.